The third-order valence-electron chi connectivity index (χ3n) is 4.85. The number of hydrogen-bond acceptors (Lipinski definition) is 4. The van der Waals surface area contributed by atoms with Crippen molar-refractivity contribution in [3.63, 3.8) is 0 Å². The van der Waals surface area contributed by atoms with E-state index in [-0.39, 0.29) is 17.3 Å². The number of rotatable bonds is 5. The number of amides is 1. The molecule has 8 heteroatoms. The molecule has 0 aromatic heterocycles. The maximum atomic E-state index is 13.0. The number of carbonyl (C=O) groups is 1. The van der Waals surface area contributed by atoms with Gasteiger partial charge in [0.1, 0.15) is 5.75 Å². The summed E-state index contributed by atoms with van der Waals surface area (Å²) in [5.74, 6) is 0.0197. The Balaban J connectivity index is 1.74. The van der Waals surface area contributed by atoms with Crippen LogP contribution in [0.3, 0.4) is 0 Å². The molecule has 2 aromatic rings. The van der Waals surface area contributed by atoms with E-state index in [1.165, 1.54) is 10.4 Å². The number of ether oxygens (including phenoxy) is 1. The molecule has 1 aliphatic heterocycles. The molecule has 150 valence electrons. The Hall–Kier alpha value is -2.09. The van der Waals surface area contributed by atoms with Gasteiger partial charge in [-0.3, -0.25) is 4.79 Å². The summed E-state index contributed by atoms with van der Waals surface area (Å²) in [6.45, 7) is 2.35. The zero-order valence-electron chi connectivity index (χ0n) is 15.8. The summed E-state index contributed by atoms with van der Waals surface area (Å²) >= 11 is 5.95. The van der Waals surface area contributed by atoms with Gasteiger partial charge < -0.3 is 10.1 Å². The predicted molar refractivity (Wildman–Crippen MR) is 109 cm³/mol. The first-order chi connectivity index (χ1) is 13.3. The minimum Gasteiger partial charge on any atom is -0.496 e. The Kier molecular flexibility index (Phi) is 6.27. The van der Waals surface area contributed by atoms with Crippen LogP contribution in [0.25, 0.3) is 0 Å². The van der Waals surface area contributed by atoms with Crippen molar-refractivity contribution in [2.24, 2.45) is 5.92 Å². The van der Waals surface area contributed by atoms with Crippen LogP contribution >= 0.6 is 11.6 Å². The molecular weight excluding hydrogens is 400 g/mol. The molecule has 0 bridgehead atoms. The molecule has 0 radical (unpaired) electrons. The van der Waals surface area contributed by atoms with Crippen molar-refractivity contribution in [3.8, 4) is 5.75 Å². The highest BCUT2D eigenvalue weighted by molar-refractivity contribution is 7.89. The van der Waals surface area contributed by atoms with Crippen molar-refractivity contribution in [2.45, 2.75) is 24.7 Å². The van der Waals surface area contributed by atoms with Crippen LogP contribution in [0.5, 0.6) is 5.75 Å². The molecule has 1 N–H and O–H groups in total. The first-order valence-corrected chi connectivity index (χ1v) is 10.8. The minimum atomic E-state index is -3.68. The molecule has 0 saturated carbocycles. The van der Waals surface area contributed by atoms with Gasteiger partial charge >= 0.3 is 0 Å². The van der Waals surface area contributed by atoms with Crippen LogP contribution in [-0.4, -0.2) is 38.8 Å². The third kappa shape index (κ3) is 4.48. The van der Waals surface area contributed by atoms with Gasteiger partial charge in [-0.25, -0.2) is 8.42 Å². The van der Waals surface area contributed by atoms with Gasteiger partial charge in [-0.1, -0.05) is 17.7 Å². The second-order valence-corrected chi connectivity index (χ2v) is 9.21. The summed E-state index contributed by atoms with van der Waals surface area (Å²) in [4.78, 5) is 12.8. The number of carbonyl (C=O) groups excluding carboxylic acids is 1. The van der Waals surface area contributed by atoms with Crippen LogP contribution in [0.2, 0.25) is 5.02 Å². The second-order valence-electron chi connectivity index (χ2n) is 6.83. The van der Waals surface area contributed by atoms with Crippen LogP contribution in [0.15, 0.2) is 47.4 Å². The molecule has 0 unspecified atom stereocenters. The van der Waals surface area contributed by atoms with E-state index in [0.717, 1.165) is 5.56 Å². The number of methoxy groups -OCH3 is 1. The topological polar surface area (TPSA) is 75.7 Å². The average Bonchev–Trinajstić information content (AvgIpc) is 2.68. The van der Waals surface area contributed by atoms with Gasteiger partial charge in [0.15, 0.2) is 0 Å². The maximum Gasteiger partial charge on any atom is 0.243 e. The highest BCUT2D eigenvalue weighted by Gasteiger charge is 2.33. The van der Waals surface area contributed by atoms with Gasteiger partial charge in [0.25, 0.3) is 0 Å². The highest BCUT2D eigenvalue weighted by Crippen LogP contribution is 2.28. The largest absolute Gasteiger partial charge is 0.496 e. The van der Waals surface area contributed by atoms with Crippen molar-refractivity contribution in [2.75, 3.05) is 25.5 Å². The van der Waals surface area contributed by atoms with Gasteiger partial charge in [-0.05, 0) is 61.7 Å². The summed E-state index contributed by atoms with van der Waals surface area (Å²) in [5.41, 5.74) is 1.35. The van der Waals surface area contributed by atoms with Crippen molar-refractivity contribution < 1.29 is 17.9 Å². The second kappa shape index (κ2) is 8.51. The van der Waals surface area contributed by atoms with E-state index in [4.69, 9.17) is 16.3 Å². The van der Waals surface area contributed by atoms with Crippen molar-refractivity contribution in [1.82, 2.24) is 4.31 Å². The Bertz CT molecular complexity index is 978. The number of nitrogens with one attached hydrogen (secondary N) is 1. The average molecular weight is 423 g/mol. The normalized spacial score (nSPS) is 17.9. The molecule has 0 aliphatic carbocycles. The fourth-order valence-electron chi connectivity index (χ4n) is 3.35. The summed E-state index contributed by atoms with van der Waals surface area (Å²) < 4.78 is 32.7. The van der Waals surface area contributed by atoms with E-state index < -0.39 is 15.9 Å². The number of sulfonamides is 1. The lowest BCUT2D eigenvalue weighted by atomic mass is 9.99. The van der Waals surface area contributed by atoms with Gasteiger partial charge in [0, 0.05) is 23.8 Å². The van der Waals surface area contributed by atoms with E-state index in [0.29, 0.717) is 35.8 Å². The molecule has 1 atom stereocenters. The van der Waals surface area contributed by atoms with Crippen molar-refractivity contribution in [1.29, 1.82) is 0 Å². The zero-order valence-corrected chi connectivity index (χ0v) is 17.4. The minimum absolute atomic E-state index is 0.153. The van der Waals surface area contributed by atoms with Gasteiger partial charge in [-0.2, -0.15) is 4.31 Å². The first kappa shape index (κ1) is 20.6. The quantitative estimate of drug-likeness (QED) is 0.797. The predicted octanol–water partition coefficient (Wildman–Crippen LogP) is 3.70. The molecule has 1 saturated heterocycles. The lowest BCUT2D eigenvalue weighted by Crippen LogP contribution is -2.43. The number of aryl methyl sites for hydroxylation is 1. The Morgan fingerprint density at radius 1 is 1.25 bits per heavy atom. The van der Waals surface area contributed by atoms with E-state index in [1.807, 2.05) is 0 Å². The Morgan fingerprint density at radius 3 is 2.71 bits per heavy atom. The zero-order chi connectivity index (χ0) is 20.3. The smallest absolute Gasteiger partial charge is 0.243 e. The van der Waals surface area contributed by atoms with Crippen LogP contribution in [0.4, 0.5) is 5.69 Å². The first-order valence-electron chi connectivity index (χ1n) is 9.02. The van der Waals surface area contributed by atoms with Gasteiger partial charge in [-0.15, -0.1) is 0 Å². The van der Waals surface area contributed by atoms with Crippen molar-refractivity contribution in [3.05, 3.63) is 53.1 Å². The molecule has 28 heavy (non-hydrogen) atoms. The number of halogens is 1. The Labute approximate surface area is 170 Å². The van der Waals surface area contributed by atoms with Crippen LogP contribution in [0.1, 0.15) is 18.4 Å². The number of benzene rings is 2. The van der Waals surface area contributed by atoms with Gasteiger partial charge in [0.2, 0.25) is 15.9 Å². The monoisotopic (exact) mass is 422 g/mol. The van der Waals surface area contributed by atoms with E-state index in [9.17, 15) is 13.2 Å². The molecule has 3 rings (SSSR count). The molecule has 1 fully saturated rings. The van der Waals surface area contributed by atoms with Gasteiger partial charge in [0.05, 0.1) is 17.9 Å². The fraction of sp³-hybridized carbons (Fsp3) is 0.350. The highest BCUT2D eigenvalue weighted by atomic mass is 35.5. The summed E-state index contributed by atoms with van der Waals surface area (Å²) in [5, 5.41) is 3.36. The lowest BCUT2D eigenvalue weighted by molar-refractivity contribution is -0.120. The van der Waals surface area contributed by atoms with E-state index in [1.54, 1.807) is 50.4 Å². The lowest BCUT2D eigenvalue weighted by Gasteiger charge is -2.31. The maximum absolute atomic E-state index is 13.0. The fourth-order valence-corrected chi connectivity index (χ4v) is 5.15. The summed E-state index contributed by atoms with van der Waals surface area (Å²) in [7, 11) is -2.13. The number of anilines is 1. The summed E-state index contributed by atoms with van der Waals surface area (Å²) in [6, 6.07) is 11.7. The Morgan fingerprint density at radius 2 is 2.04 bits per heavy atom. The van der Waals surface area contributed by atoms with E-state index in [2.05, 4.69) is 5.32 Å². The number of nitrogens with zero attached hydrogens (tertiary/aromatic N) is 1. The molecule has 1 heterocycles. The molecule has 1 aliphatic rings. The van der Waals surface area contributed by atoms with Crippen LogP contribution < -0.4 is 10.1 Å². The third-order valence-corrected chi connectivity index (χ3v) is 6.95. The number of piperidine rings is 1. The standard InChI is InChI=1S/C20H23ClN2O4S/c1-14-11-18(8-9-19(14)27-2)28(25,26)23-10-4-5-15(13-23)20(24)22-17-7-3-6-16(21)12-17/h3,6-9,11-12,15H,4-5,10,13H2,1-2H3,(H,22,24)/t15-/m0/s1. The molecule has 2 aromatic carbocycles. The van der Waals surface area contributed by atoms with E-state index >= 15 is 0 Å². The SMILES string of the molecule is COc1ccc(S(=O)(=O)N2CCC[C@H](C(=O)Nc3cccc(Cl)c3)C2)cc1C. The molecular formula is C20H23ClN2O4S. The van der Waals surface area contributed by atoms with Crippen LogP contribution in [-0.2, 0) is 14.8 Å². The molecule has 1 amide bonds. The number of hydrogen-bond donors (Lipinski definition) is 1. The summed E-state index contributed by atoms with van der Waals surface area (Å²) in [6.07, 6.45) is 1.27. The molecule has 0 spiro atoms. The molecule has 6 nitrogen and oxygen atoms in total. The van der Waals surface area contributed by atoms with Crippen LogP contribution in [0, 0.1) is 12.8 Å². The van der Waals surface area contributed by atoms with Crippen molar-refractivity contribution >= 4 is 33.2 Å².